The molecule has 0 saturated carbocycles. The highest BCUT2D eigenvalue weighted by atomic mass is 35.5. The van der Waals surface area contributed by atoms with E-state index in [2.05, 4.69) is 5.32 Å². The van der Waals surface area contributed by atoms with Crippen molar-refractivity contribution in [1.29, 1.82) is 0 Å². The number of rotatable bonds is 8. The van der Waals surface area contributed by atoms with Crippen LogP contribution < -0.4 is 10.1 Å². The first-order valence-corrected chi connectivity index (χ1v) is 9.02. The van der Waals surface area contributed by atoms with Gasteiger partial charge in [-0.1, -0.05) is 29.8 Å². The van der Waals surface area contributed by atoms with Gasteiger partial charge in [0.15, 0.2) is 0 Å². The maximum absolute atomic E-state index is 11.7. The van der Waals surface area contributed by atoms with E-state index in [-0.39, 0.29) is 17.3 Å². The number of benzene rings is 2. The zero-order valence-electron chi connectivity index (χ0n) is 15.2. The normalized spacial score (nSPS) is 15.6. The first kappa shape index (κ1) is 19.9. The van der Waals surface area contributed by atoms with Gasteiger partial charge in [0.05, 0.1) is 11.5 Å². The van der Waals surface area contributed by atoms with Crippen molar-refractivity contribution in [3.05, 3.63) is 74.4 Å². The maximum Gasteiger partial charge on any atom is 0.272 e. The highest BCUT2D eigenvalue weighted by molar-refractivity contribution is 6.33. The number of methoxy groups -OCH3 is 1. The lowest BCUT2D eigenvalue weighted by Crippen LogP contribution is -2.18. The summed E-state index contributed by atoms with van der Waals surface area (Å²) in [6.07, 6.45) is 0.932. The van der Waals surface area contributed by atoms with Crippen molar-refractivity contribution in [2.45, 2.75) is 12.3 Å². The van der Waals surface area contributed by atoms with Gasteiger partial charge >= 0.3 is 0 Å². The Hall–Kier alpha value is -2.90. The molecule has 1 aliphatic heterocycles. The average molecular weight is 403 g/mol. The third-order valence-corrected chi connectivity index (χ3v) is 4.88. The number of nitro benzene ring substituents is 1. The lowest BCUT2D eigenvalue weighted by Gasteiger charge is -2.27. The standard InChI is InChI=1S/C20H19ClN2O5/c1-27-8-9-28-14-6-7-19(23(25)26)13(10-14)11-16-15-4-2-3-5-18(15)22-20(21)17(16)12-24/h2-7,10,12,16,22H,8-9,11H2,1H3. The van der Waals surface area contributed by atoms with E-state index >= 15 is 0 Å². The highest BCUT2D eigenvalue weighted by Crippen LogP contribution is 2.41. The Labute approximate surface area is 167 Å². The summed E-state index contributed by atoms with van der Waals surface area (Å²) < 4.78 is 10.5. The Morgan fingerprint density at radius 1 is 1.25 bits per heavy atom. The fourth-order valence-electron chi connectivity index (χ4n) is 3.24. The Kier molecular flexibility index (Phi) is 6.28. The van der Waals surface area contributed by atoms with Crippen molar-refractivity contribution < 1.29 is 19.2 Å². The van der Waals surface area contributed by atoms with Crippen molar-refractivity contribution in [3.8, 4) is 5.75 Å². The number of nitrogens with zero attached hydrogens (tertiary/aromatic N) is 1. The van der Waals surface area contributed by atoms with E-state index in [1.165, 1.54) is 6.07 Å². The number of allylic oxidation sites excluding steroid dienone is 1. The zero-order valence-corrected chi connectivity index (χ0v) is 15.9. The van der Waals surface area contributed by atoms with Crippen LogP contribution in [0.3, 0.4) is 0 Å². The molecule has 8 heteroatoms. The molecular formula is C20H19ClN2O5. The third kappa shape index (κ3) is 4.16. The van der Waals surface area contributed by atoms with E-state index < -0.39 is 10.8 Å². The number of nitro groups is 1. The van der Waals surface area contributed by atoms with Gasteiger partial charge in [0.25, 0.3) is 5.69 Å². The van der Waals surface area contributed by atoms with Crippen molar-refractivity contribution in [2.24, 2.45) is 0 Å². The van der Waals surface area contributed by atoms with Gasteiger partial charge in [0.2, 0.25) is 0 Å². The number of para-hydroxylation sites is 1. The number of fused-ring (bicyclic) bond motifs is 1. The number of carbonyl (C=O) groups is 1. The van der Waals surface area contributed by atoms with Crippen molar-refractivity contribution in [3.63, 3.8) is 0 Å². The molecule has 7 nitrogen and oxygen atoms in total. The summed E-state index contributed by atoms with van der Waals surface area (Å²) >= 11 is 6.25. The van der Waals surface area contributed by atoms with Crippen LogP contribution in [0.25, 0.3) is 0 Å². The van der Waals surface area contributed by atoms with E-state index in [1.807, 2.05) is 24.3 Å². The van der Waals surface area contributed by atoms with Crippen LogP contribution in [0, 0.1) is 10.1 Å². The molecule has 0 spiro atoms. The SMILES string of the molecule is COCCOc1ccc([N+](=O)[O-])c(CC2C(C=O)=C(Cl)Nc3ccccc32)c1. The Bertz CT molecular complexity index is 929. The number of ether oxygens (including phenoxy) is 2. The van der Waals surface area contributed by atoms with Crippen molar-refractivity contribution >= 4 is 29.3 Å². The fourth-order valence-corrected chi connectivity index (χ4v) is 3.51. The minimum Gasteiger partial charge on any atom is -0.491 e. The number of anilines is 1. The van der Waals surface area contributed by atoms with Crippen LogP contribution in [0.5, 0.6) is 5.75 Å². The van der Waals surface area contributed by atoms with Gasteiger partial charge in [-0.2, -0.15) is 0 Å². The maximum atomic E-state index is 11.7. The number of nitrogens with one attached hydrogen (secondary N) is 1. The topological polar surface area (TPSA) is 90.7 Å². The number of carbonyl (C=O) groups excluding carboxylic acids is 1. The highest BCUT2D eigenvalue weighted by Gasteiger charge is 2.29. The molecule has 28 heavy (non-hydrogen) atoms. The molecule has 1 heterocycles. The number of halogens is 1. The van der Waals surface area contributed by atoms with Crippen molar-refractivity contribution in [1.82, 2.24) is 0 Å². The molecule has 1 aliphatic rings. The molecule has 2 aromatic carbocycles. The van der Waals surface area contributed by atoms with Gasteiger partial charge in [-0.3, -0.25) is 14.9 Å². The summed E-state index contributed by atoms with van der Waals surface area (Å²) in [6, 6.07) is 12.0. The molecule has 1 N–H and O–H groups in total. The van der Waals surface area contributed by atoms with Crippen LogP contribution in [0.1, 0.15) is 17.0 Å². The van der Waals surface area contributed by atoms with Crippen LogP contribution in [-0.2, 0) is 16.0 Å². The summed E-state index contributed by atoms with van der Waals surface area (Å²) in [5.74, 6) is 0.0953. The lowest BCUT2D eigenvalue weighted by molar-refractivity contribution is -0.385. The molecule has 0 saturated heterocycles. The first-order valence-electron chi connectivity index (χ1n) is 8.65. The average Bonchev–Trinajstić information content (AvgIpc) is 2.68. The second kappa shape index (κ2) is 8.86. The molecule has 0 fully saturated rings. The molecule has 146 valence electrons. The van der Waals surface area contributed by atoms with Gasteiger partial charge in [-0.15, -0.1) is 0 Å². The second-order valence-corrected chi connectivity index (χ2v) is 6.62. The molecule has 0 aromatic heterocycles. The second-order valence-electron chi connectivity index (χ2n) is 6.25. The molecule has 0 aliphatic carbocycles. The van der Waals surface area contributed by atoms with E-state index in [0.29, 0.717) is 36.4 Å². The van der Waals surface area contributed by atoms with E-state index in [1.54, 1.807) is 19.2 Å². The van der Waals surface area contributed by atoms with Gasteiger partial charge < -0.3 is 14.8 Å². The zero-order chi connectivity index (χ0) is 20.1. The monoisotopic (exact) mass is 402 g/mol. The molecule has 3 rings (SSSR count). The van der Waals surface area contributed by atoms with E-state index in [9.17, 15) is 14.9 Å². The van der Waals surface area contributed by atoms with Gasteiger partial charge in [0, 0.05) is 35.9 Å². The minimum atomic E-state index is -0.437. The van der Waals surface area contributed by atoms with Crippen molar-refractivity contribution in [2.75, 3.05) is 25.6 Å². The molecular weight excluding hydrogens is 384 g/mol. The van der Waals surface area contributed by atoms with Crippen LogP contribution in [0.2, 0.25) is 0 Å². The third-order valence-electron chi connectivity index (χ3n) is 4.56. The lowest BCUT2D eigenvalue weighted by atomic mass is 9.83. The molecule has 0 radical (unpaired) electrons. The molecule has 0 bridgehead atoms. The van der Waals surface area contributed by atoms with Crippen LogP contribution in [0.4, 0.5) is 11.4 Å². The Morgan fingerprint density at radius 2 is 2.04 bits per heavy atom. The number of aldehydes is 1. The number of hydrogen-bond donors (Lipinski definition) is 1. The predicted molar refractivity (Wildman–Crippen MR) is 106 cm³/mol. The molecule has 1 atom stereocenters. The summed E-state index contributed by atoms with van der Waals surface area (Å²) in [4.78, 5) is 22.8. The van der Waals surface area contributed by atoms with Crippen LogP contribution >= 0.6 is 11.6 Å². The molecule has 1 unspecified atom stereocenters. The molecule has 0 amide bonds. The first-order chi connectivity index (χ1) is 13.5. The smallest absolute Gasteiger partial charge is 0.272 e. The quantitative estimate of drug-likeness (QED) is 0.236. The van der Waals surface area contributed by atoms with Crippen LogP contribution in [-0.4, -0.2) is 31.5 Å². The fraction of sp³-hybridized carbons (Fsp3) is 0.250. The van der Waals surface area contributed by atoms with Gasteiger partial charge in [-0.25, -0.2) is 0 Å². The summed E-state index contributed by atoms with van der Waals surface area (Å²) in [5.41, 5.74) is 2.43. The minimum absolute atomic E-state index is 0.0310. The van der Waals surface area contributed by atoms with Crippen LogP contribution in [0.15, 0.2) is 53.2 Å². The molecule has 2 aromatic rings. The summed E-state index contributed by atoms with van der Waals surface area (Å²) in [5, 5.41) is 14.8. The largest absolute Gasteiger partial charge is 0.491 e. The van der Waals surface area contributed by atoms with Gasteiger partial charge in [0.1, 0.15) is 23.8 Å². The Balaban J connectivity index is 2.00. The number of hydrogen-bond acceptors (Lipinski definition) is 6. The predicted octanol–water partition coefficient (Wildman–Crippen LogP) is 4.02. The Morgan fingerprint density at radius 3 is 2.75 bits per heavy atom. The summed E-state index contributed by atoms with van der Waals surface area (Å²) in [7, 11) is 1.57. The van der Waals surface area contributed by atoms with E-state index in [4.69, 9.17) is 21.1 Å². The van der Waals surface area contributed by atoms with Gasteiger partial charge in [-0.05, 0) is 30.2 Å². The summed E-state index contributed by atoms with van der Waals surface area (Å²) in [6.45, 7) is 0.733. The van der Waals surface area contributed by atoms with E-state index in [0.717, 1.165) is 11.3 Å².